The molecule has 0 unspecified atom stereocenters. The molecule has 1 saturated carbocycles. The fourth-order valence-corrected chi connectivity index (χ4v) is 2.33. The Bertz CT molecular complexity index is 490. The van der Waals surface area contributed by atoms with Crippen molar-refractivity contribution in [3.05, 3.63) is 34.9 Å². The first-order chi connectivity index (χ1) is 8.45. The van der Waals surface area contributed by atoms with Crippen molar-refractivity contribution < 1.29 is 14.7 Å². The van der Waals surface area contributed by atoms with E-state index in [0.717, 1.165) is 18.4 Å². The van der Waals surface area contributed by atoms with E-state index in [4.69, 9.17) is 5.11 Å². The third-order valence-electron chi connectivity index (χ3n) is 3.30. The van der Waals surface area contributed by atoms with Crippen LogP contribution < -0.4 is 5.32 Å². The lowest BCUT2D eigenvalue weighted by molar-refractivity contribution is 0.0696. The number of carbonyl (C=O) groups excluding carboxylic acids is 1. The largest absolute Gasteiger partial charge is 0.478 e. The molecule has 1 aromatic carbocycles. The molecule has 18 heavy (non-hydrogen) atoms. The summed E-state index contributed by atoms with van der Waals surface area (Å²) in [6, 6.07) is 4.93. The highest BCUT2D eigenvalue weighted by atomic mass is 16.4. The van der Waals surface area contributed by atoms with Crippen LogP contribution in [0, 0.1) is 12.8 Å². The second-order valence-corrected chi connectivity index (χ2v) is 5.14. The minimum atomic E-state index is -1.01. The van der Waals surface area contributed by atoms with Crippen molar-refractivity contribution in [1.82, 2.24) is 5.32 Å². The van der Waals surface area contributed by atoms with Crippen molar-refractivity contribution in [2.45, 2.75) is 32.7 Å². The van der Waals surface area contributed by atoms with Gasteiger partial charge in [0.15, 0.2) is 0 Å². The summed E-state index contributed by atoms with van der Waals surface area (Å²) >= 11 is 0. The Hall–Kier alpha value is -1.84. The number of hydrogen-bond donors (Lipinski definition) is 2. The van der Waals surface area contributed by atoms with Crippen LogP contribution >= 0.6 is 0 Å². The number of aryl methyl sites for hydroxylation is 1. The molecule has 0 bridgehead atoms. The SMILES string of the molecule is Cc1cc(C(=O)O)cc(C(=O)NC2CC(C)C2)c1. The molecule has 0 atom stereocenters. The van der Waals surface area contributed by atoms with Gasteiger partial charge in [0.1, 0.15) is 0 Å². The quantitative estimate of drug-likeness (QED) is 0.860. The second kappa shape index (κ2) is 4.80. The first kappa shape index (κ1) is 12.6. The van der Waals surface area contributed by atoms with Gasteiger partial charge in [0, 0.05) is 11.6 Å². The average Bonchev–Trinajstić information content (AvgIpc) is 2.26. The molecule has 1 aromatic rings. The average molecular weight is 247 g/mol. The van der Waals surface area contributed by atoms with Crippen LogP contribution in [0.5, 0.6) is 0 Å². The highest BCUT2D eigenvalue weighted by Gasteiger charge is 2.27. The van der Waals surface area contributed by atoms with Gasteiger partial charge in [-0.3, -0.25) is 4.79 Å². The molecule has 0 aromatic heterocycles. The van der Waals surface area contributed by atoms with E-state index in [-0.39, 0.29) is 17.5 Å². The molecule has 1 aliphatic carbocycles. The zero-order valence-electron chi connectivity index (χ0n) is 10.6. The number of carbonyl (C=O) groups is 2. The van der Waals surface area contributed by atoms with Gasteiger partial charge in [-0.1, -0.05) is 6.92 Å². The van der Waals surface area contributed by atoms with Gasteiger partial charge in [-0.05, 0) is 49.4 Å². The topological polar surface area (TPSA) is 66.4 Å². The lowest BCUT2D eigenvalue weighted by Crippen LogP contribution is -2.43. The van der Waals surface area contributed by atoms with Crippen molar-refractivity contribution in [2.75, 3.05) is 0 Å². The van der Waals surface area contributed by atoms with Crippen molar-refractivity contribution in [3.63, 3.8) is 0 Å². The van der Waals surface area contributed by atoms with Crippen molar-refractivity contribution >= 4 is 11.9 Å². The smallest absolute Gasteiger partial charge is 0.335 e. The zero-order valence-corrected chi connectivity index (χ0v) is 10.6. The van der Waals surface area contributed by atoms with Gasteiger partial charge in [-0.15, -0.1) is 0 Å². The van der Waals surface area contributed by atoms with Crippen LogP contribution in [0.3, 0.4) is 0 Å². The summed E-state index contributed by atoms with van der Waals surface area (Å²) in [5.74, 6) is -0.523. The summed E-state index contributed by atoms with van der Waals surface area (Å²) in [6.07, 6.45) is 2.01. The van der Waals surface area contributed by atoms with Crippen LogP contribution in [0.2, 0.25) is 0 Å². The maximum atomic E-state index is 12.0. The third-order valence-corrected chi connectivity index (χ3v) is 3.30. The number of rotatable bonds is 3. The second-order valence-electron chi connectivity index (χ2n) is 5.14. The molecule has 0 heterocycles. The van der Waals surface area contributed by atoms with Crippen molar-refractivity contribution in [2.24, 2.45) is 5.92 Å². The summed E-state index contributed by atoms with van der Waals surface area (Å²) in [5, 5.41) is 11.9. The van der Waals surface area contributed by atoms with E-state index in [9.17, 15) is 9.59 Å². The van der Waals surface area contributed by atoms with Gasteiger partial charge in [0.2, 0.25) is 0 Å². The molecule has 1 amide bonds. The van der Waals surface area contributed by atoms with Crippen LogP contribution in [-0.4, -0.2) is 23.0 Å². The summed E-state index contributed by atoms with van der Waals surface area (Å²) in [6.45, 7) is 3.94. The monoisotopic (exact) mass is 247 g/mol. The van der Waals surface area contributed by atoms with Crippen LogP contribution in [0.15, 0.2) is 18.2 Å². The fourth-order valence-electron chi connectivity index (χ4n) is 2.33. The number of nitrogens with one attached hydrogen (secondary N) is 1. The van der Waals surface area contributed by atoms with E-state index < -0.39 is 5.97 Å². The predicted molar refractivity (Wildman–Crippen MR) is 67.8 cm³/mol. The number of hydrogen-bond acceptors (Lipinski definition) is 2. The lowest BCUT2D eigenvalue weighted by atomic mass is 9.82. The molecule has 4 nitrogen and oxygen atoms in total. The zero-order chi connectivity index (χ0) is 13.3. The first-order valence-corrected chi connectivity index (χ1v) is 6.11. The van der Waals surface area contributed by atoms with E-state index in [1.807, 2.05) is 0 Å². The van der Waals surface area contributed by atoms with Crippen LogP contribution in [-0.2, 0) is 0 Å². The Morgan fingerprint density at radius 2 is 1.83 bits per heavy atom. The number of carboxylic acid groups (broad SMARTS) is 1. The summed E-state index contributed by atoms with van der Waals surface area (Å²) < 4.78 is 0. The van der Waals surface area contributed by atoms with E-state index in [0.29, 0.717) is 11.5 Å². The van der Waals surface area contributed by atoms with E-state index in [1.54, 1.807) is 19.1 Å². The van der Waals surface area contributed by atoms with E-state index >= 15 is 0 Å². The molecule has 0 saturated heterocycles. The van der Waals surface area contributed by atoms with Crippen LogP contribution in [0.25, 0.3) is 0 Å². The van der Waals surface area contributed by atoms with Gasteiger partial charge in [-0.25, -0.2) is 4.79 Å². The molecule has 2 rings (SSSR count). The van der Waals surface area contributed by atoms with E-state index in [1.165, 1.54) is 6.07 Å². The Kier molecular flexibility index (Phi) is 3.36. The molecule has 0 spiro atoms. The summed E-state index contributed by atoms with van der Waals surface area (Å²) in [7, 11) is 0. The standard InChI is InChI=1S/C14H17NO3/c1-8-3-10(7-11(4-8)14(17)18)13(16)15-12-5-9(2)6-12/h3-4,7,9,12H,5-6H2,1-2H3,(H,15,16)(H,17,18). The van der Waals surface area contributed by atoms with Gasteiger partial charge in [0.25, 0.3) is 5.91 Å². The number of aromatic carboxylic acids is 1. The molecule has 0 radical (unpaired) electrons. The van der Waals surface area contributed by atoms with Gasteiger partial charge < -0.3 is 10.4 Å². The van der Waals surface area contributed by atoms with Gasteiger partial charge >= 0.3 is 5.97 Å². The predicted octanol–water partition coefficient (Wildman–Crippen LogP) is 2.22. The minimum absolute atomic E-state index is 0.155. The lowest BCUT2D eigenvalue weighted by Gasteiger charge is -2.33. The maximum Gasteiger partial charge on any atom is 0.335 e. The number of benzene rings is 1. The molecular weight excluding hydrogens is 230 g/mol. The normalized spacial score (nSPS) is 22.1. The first-order valence-electron chi connectivity index (χ1n) is 6.11. The van der Waals surface area contributed by atoms with E-state index in [2.05, 4.69) is 12.2 Å². The molecule has 2 N–H and O–H groups in total. The Labute approximate surface area is 106 Å². The highest BCUT2D eigenvalue weighted by Crippen LogP contribution is 2.26. The Balaban J connectivity index is 2.12. The van der Waals surface area contributed by atoms with Crippen molar-refractivity contribution in [3.8, 4) is 0 Å². The number of carboxylic acids is 1. The van der Waals surface area contributed by atoms with Crippen molar-refractivity contribution in [1.29, 1.82) is 0 Å². The maximum absolute atomic E-state index is 12.0. The molecule has 1 fully saturated rings. The molecule has 4 heteroatoms. The summed E-state index contributed by atoms with van der Waals surface area (Å²) in [4.78, 5) is 22.9. The minimum Gasteiger partial charge on any atom is -0.478 e. The van der Waals surface area contributed by atoms with Crippen LogP contribution in [0.1, 0.15) is 46.0 Å². The molecule has 1 aliphatic rings. The number of amides is 1. The Morgan fingerprint density at radius 3 is 2.39 bits per heavy atom. The fraction of sp³-hybridized carbons (Fsp3) is 0.429. The summed E-state index contributed by atoms with van der Waals surface area (Å²) in [5.41, 5.74) is 1.36. The molecule has 96 valence electrons. The van der Waals surface area contributed by atoms with Gasteiger partial charge in [0.05, 0.1) is 5.56 Å². The Morgan fingerprint density at radius 1 is 1.22 bits per heavy atom. The van der Waals surface area contributed by atoms with Gasteiger partial charge in [-0.2, -0.15) is 0 Å². The van der Waals surface area contributed by atoms with Crippen LogP contribution in [0.4, 0.5) is 0 Å². The third kappa shape index (κ3) is 2.70. The molecular formula is C14H17NO3. The highest BCUT2D eigenvalue weighted by molar-refractivity contribution is 5.98. The molecule has 0 aliphatic heterocycles.